The maximum atomic E-state index is 13.2. The molecule has 5 aromatic carbocycles. The van der Waals surface area contributed by atoms with Gasteiger partial charge < -0.3 is 4.74 Å². The number of nitrogens with zero attached hydrogens (tertiary/aromatic N) is 2. The van der Waals surface area contributed by atoms with Gasteiger partial charge in [-0.25, -0.2) is 0 Å². The van der Waals surface area contributed by atoms with Gasteiger partial charge in [-0.15, -0.1) is 11.3 Å². The Balaban J connectivity index is 1.08. The van der Waals surface area contributed by atoms with Crippen molar-refractivity contribution in [3.63, 3.8) is 0 Å². The van der Waals surface area contributed by atoms with Crippen LogP contribution in [0, 0.1) is 0 Å². The molecule has 2 heterocycles. The normalized spacial score (nSPS) is 11.5. The third-order valence-electron chi connectivity index (χ3n) is 8.40. The number of hydrogen-bond donors (Lipinski definition) is 0. The first kappa shape index (κ1) is 29.9. The molecule has 0 saturated carbocycles. The highest BCUT2D eigenvalue weighted by Gasteiger charge is 2.44. The molecule has 0 N–H and O–H groups in total. The molecule has 0 aliphatic carbocycles. The first-order valence-corrected chi connectivity index (χ1v) is 18.4. The maximum Gasteiger partial charge on any atom is 0.280 e. The van der Waals surface area contributed by atoms with Crippen LogP contribution in [0.25, 0.3) is 27.0 Å². The average molecular weight is 638 g/mol. The molecule has 0 spiro atoms. The molecule has 0 unspecified atom stereocenters. The Morgan fingerprint density at radius 3 is 1.74 bits per heavy atom. The minimum atomic E-state index is -1.84. The summed E-state index contributed by atoms with van der Waals surface area (Å²) in [4.78, 5) is 13.2. The Bertz CT molecular complexity index is 1980. The van der Waals surface area contributed by atoms with Crippen molar-refractivity contribution in [3.05, 3.63) is 167 Å². The molecular weight excluding hydrogens is 603 g/mol. The number of fused-ring (bicyclic) bond motifs is 1. The van der Waals surface area contributed by atoms with Crippen molar-refractivity contribution in [2.75, 3.05) is 12.8 Å². The van der Waals surface area contributed by atoms with Crippen molar-refractivity contribution in [2.24, 2.45) is 0 Å². The van der Waals surface area contributed by atoms with Gasteiger partial charge in [-0.2, -0.15) is 9.78 Å². The fourth-order valence-electron chi connectivity index (χ4n) is 6.17. The second-order valence-electron chi connectivity index (χ2n) is 11.2. The molecule has 0 atom stereocenters. The first-order valence-electron chi connectivity index (χ1n) is 15.6. The van der Waals surface area contributed by atoms with Crippen LogP contribution in [0.3, 0.4) is 0 Å². The fraction of sp³-hybridized carbons (Fsp3) is 0.100. The van der Waals surface area contributed by atoms with Crippen molar-refractivity contribution in [2.45, 2.75) is 12.8 Å². The number of ether oxygens (including phenoxy) is 1. The summed E-state index contributed by atoms with van der Waals surface area (Å²) in [5.74, 6) is 0.829. The van der Waals surface area contributed by atoms with Gasteiger partial charge in [0.15, 0.2) is 0 Å². The highest BCUT2D eigenvalue weighted by molar-refractivity contribution is 7.95. The molecule has 7 rings (SSSR count). The van der Waals surface area contributed by atoms with E-state index in [0.717, 1.165) is 46.4 Å². The quantitative estimate of drug-likeness (QED) is 0.106. The predicted octanol–water partition coefficient (Wildman–Crippen LogP) is 8.27. The Labute approximate surface area is 273 Å². The summed E-state index contributed by atoms with van der Waals surface area (Å²) >= 11 is 1.50. The van der Waals surface area contributed by atoms with Crippen LogP contribution in [0.2, 0.25) is 0 Å². The molecule has 4 nitrogen and oxygen atoms in total. The fourth-order valence-corrected chi connectivity index (χ4v) is 11.3. The molecule has 6 heteroatoms. The number of benzene rings is 5. The lowest BCUT2D eigenvalue weighted by atomic mass is 10.0. The van der Waals surface area contributed by atoms with E-state index in [4.69, 9.17) is 9.84 Å². The summed E-state index contributed by atoms with van der Waals surface area (Å²) in [6.45, 7) is 0.641. The highest BCUT2D eigenvalue weighted by Crippen LogP contribution is 2.55. The van der Waals surface area contributed by atoms with Crippen LogP contribution in [0.15, 0.2) is 162 Å². The summed E-state index contributed by atoms with van der Waals surface area (Å²) < 4.78 is 7.77. The van der Waals surface area contributed by atoms with E-state index in [9.17, 15) is 4.79 Å². The van der Waals surface area contributed by atoms with Gasteiger partial charge in [-0.05, 0) is 97.1 Å². The molecule has 0 aliphatic heterocycles. The van der Waals surface area contributed by atoms with Gasteiger partial charge in [-0.3, -0.25) is 4.79 Å². The van der Waals surface area contributed by atoms with Gasteiger partial charge in [0.1, 0.15) is 33.9 Å². The number of aromatic nitrogens is 2. The van der Waals surface area contributed by atoms with E-state index in [1.165, 1.54) is 31.9 Å². The van der Waals surface area contributed by atoms with Crippen molar-refractivity contribution in [1.82, 2.24) is 9.78 Å². The topological polar surface area (TPSA) is 44.1 Å². The Morgan fingerprint density at radius 1 is 0.609 bits per heavy atom. The van der Waals surface area contributed by atoms with Crippen molar-refractivity contribution >= 4 is 45.3 Å². The van der Waals surface area contributed by atoms with Gasteiger partial charge in [0.2, 0.25) is 0 Å². The monoisotopic (exact) mass is 637 g/mol. The molecule has 2 aromatic heterocycles. The van der Waals surface area contributed by atoms with E-state index in [2.05, 4.69) is 91.0 Å². The van der Waals surface area contributed by atoms with Crippen molar-refractivity contribution in [1.29, 1.82) is 0 Å². The van der Waals surface area contributed by atoms with E-state index >= 15 is 0 Å². The summed E-state index contributed by atoms with van der Waals surface area (Å²) in [5.41, 5.74) is 1.61. The van der Waals surface area contributed by atoms with Gasteiger partial charge in [-0.1, -0.05) is 72.8 Å². The van der Waals surface area contributed by atoms with Crippen LogP contribution in [-0.4, -0.2) is 22.5 Å². The summed E-state index contributed by atoms with van der Waals surface area (Å²) in [5, 5.41) is 13.3. The maximum absolute atomic E-state index is 13.2. The standard InChI is InChI=1S/C40H34N2O2PS/c43-40-37-22-11-10-21-36(37)39(41-42(40)38-23-14-30-46-38)31-24-26-32(27-25-31)44-28-12-13-29-45(33-15-4-1-5-16-33,34-17-6-2-7-18-34)35-19-8-3-9-20-35/h1-11,14-27,30H,12-13,28-29H2/q+1. The Hall–Kier alpha value is -4.83. The van der Waals surface area contributed by atoms with E-state index < -0.39 is 7.26 Å². The van der Waals surface area contributed by atoms with Gasteiger partial charge in [0.05, 0.1) is 23.8 Å². The van der Waals surface area contributed by atoms with Crippen LogP contribution in [0.4, 0.5) is 0 Å². The van der Waals surface area contributed by atoms with E-state index in [-0.39, 0.29) is 5.56 Å². The highest BCUT2D eigenvalue weighted by atomic mass is 32.1. The lowest BCUT2D eigenvalue weighted by Crippen LogP contribution is -2.33. The van der Waals surface area contributed by atoms with Crippen LogP contribution >= 0.6 is 18.6 Å². The molecule has 7 aromatic rings. The van der Waals surface area contributed by atoms with E-state index in [1.54, 1.807) is 0 Å². The Morgan fingerprint density at radius 2 is 1.17 bits per heavy atom. The zero-order valence-corrected chi connectivity index (χ0v) is 27.1. The largest absolute Gasteiger partial charge is 0.494 e. The predicted molar refractivity (Wildman–Crippen MR) is 195 cm³/mol. The van der Waals surface area contributed by atoms with Gasteiger partial charge in [0, 0.05) is 10.9 Å². The van der Waals surface area contributed by atoms with Crippen LogP contribution in [0.1, 0.15) is 12.8 Å². The number of rotatable bonds is 11. The zero-order valence-electron chi connectivity index (χ0n) is 25.4. The molecule has 0 aliphatic rings. The number of unbranched alkanes of at least 4 members (excludes halogenated alkanes) is 1. The minimum Gasteiger partial charge on any atom is -0.494 e. The lowest BCUT2D eigenvalue weighted by Gasteiger charge is -2.27. The molecule has 226 valence electrons. The Kier molecular flexibility index (Phi) is 8.87. The molecule has 0 fully saturated rings. The van der Waals surface area contributed by atoms with E-state index in [1.807, 2.05) is 66.0 Å². The average Bonchev–Trinajstić information content (AvgIpc) is 3.67. The number of thiophene rings is 1. The lowest BCUT2D eigenvalue weighted by molar-refractivity contribution is 0.310. The van der Waals surface area contributed by atoms with Crippen LogP contribution < -0.4 is 26.2 Å². The smallest absolute Gasteiger partial charge is 0.280 e. The summed E-state index contributed by atoms with van der Waals surface area (Å²) in [7, 11) is -1.84. The third-order valence-corrected chi connectivity index (χ3v) is 13.8. The zero-order chi connectivity index (χ0) is 31.2. The number of hydrogen-bond acceptors (Lipinski definition) is 4. The van der Waals surface area contributed by atoms with Gasteiger partial charge >= 0.3 is 0 Å². The van der Waals surface area contributed by atoms with Crippen LogP contribution in [-0.2, 0) is 0 Å². The van der Waals surface area contributed by atoms with Crippen molar-refractivity contribution in [3.8, 4) is 22.0 Å². The third kappa shape index (κ3) is 5.92. The molecule has 0 radical (unpaired) electrons. The van der Waals surface area contributed by atoms with Crippen LogP contribution in [0.5, 0.6) is 5.75 Å². The first-order chi connectivity index (χ1) is 22.7. The van der Waals surface area contributed by atoms with Gasteiger partial charge in [0.25, 0.3) is 5.56 Å². The molecule has 0 amide bonds. The second-order valence-corrected chi connectivity index (χ2v) is 15.7. The molecule has 46 heavy (non-hydrogen) atoms. The molecule has 0 bridgehead atoms. The SMILES string of the molecule is O=c1c2ccccc2c(-c2ccc(OCCCC[P+](c3ccccc3)(c3ccccc3)c3ccccc3)cc2)nn1-c1cccs1. The van der Waals surface area contributed by atoms with E-state index in [0.29, 0.717) is 12.0 Å². The van der Waals surface area contributed by atoms with Crippen molar-refractivity contribution < 1.29 is 4.74 Å². The summed E-state index contributed by atoms with van der Waals surface area (Å²) in [6, 6.07) is 52.7. The minimum absolute atomic E-state index is 0.111. The second kappa shape index (κ2) is 13.7. The summed E-state index contributed by atoms with van der Waals surface area (Å²) in [6.07, 6.45) is 3.07. The molecule has 0 saturated heterocycles. The molecular formula is C40H34N2O2PS+.